The molecule has 0 saturated carbocycles. The van der Waals surface area contributed by atoms with Crippen LogP contribution in [-0.2, 0) is 6.18 Å². The third kappa shape index (κ3) is 3.52. The average molecular weight is 275 g/mol. The van der Waals surface area contributed by atoms with Crippen molar-refractivity contribution in [2.24, 2.45) is 5.84 Å². The summed E-state index contributed by atoms with van der Waals surface area (Å²) in [6, 6.07) is 1.39. The van der Waals surface area contributed by atoms with Gasteiger partial charge in [0.2, 0.25) is 0 Å². The van der Waals surface area contributed by atoms with Gasteiger partial charge in [-0.15, -0.1) is 0 Å². The van der Waals surface area contributed by atoms with E-state index in [2.05, 4.69) is 0 Å². The van der Waals surface area contributed by atoms with Gasteiger partial charge in [0.25, 0.3) is 0 Å². The quantitative estimate of drug-likeness (QED) is 0.385. The maximum absolute atomic E-state index is 12.8. The number of nitrogens with one attached hydrogen (secondary N) is 1. The first kappa shape index (κ1) is 14.1. The van der Waals surface area contributed by atoms with Crippen molar-refractivity contribution in [2.45, 2.75) is 17.6 Å². The van der Waals surface area contributed by atoms with Crippen molar-refractivity contribution in [1.29, 1.82) is 0 Å². The van der Waals surface area contributed by atoms with E-state index in [1.54, 1.807) is 5.43 Å². The topological polar surface area (TPSA) is 38.0 Å². The van der Waals surface area contributed by atoms with Crippen molar-refractivity contribution >= 4 is 11.6 Å². The monoisotopic (exact) mass is 274 g/mol. The van der Waals surface area contributed by atoms with Crippen molar-refractivity contribution in [3.8, 4) is 0 Å². The van der Waals surface area contributed by atoms with E-state index in [0.29, 0.717) is 12.1 Å². The Morgan fingerprint density at radius 2 is 1.53 bits per heavy atom. The molecule has 8 heteroatoms. The smallest absolute Gasteiger partial charge is 0.271 e. The van der Waals surface area contributed by atoms with Gasteiger partial charge in [-0.1, -0.05) is 12.1 Å². The molecular weight excluding hydrogens is 267 g/mol. The minimum absolute atomic E-state index is 0.138. The van der Waals surface area contributed by atoms with E-state index in [-0.39, 0.29) is 5.56 Å². The first-order chi connectivity index (χ1) is 7.66. The molecule has 0 spiro atoms. The fourth-order valence-electron chi connectivity index (χ4n) is 1.24. The Balaban J connectivity index is 3.02. The molecule has 0 amide bonds. The molecule has 0 fully saturated rings. The van der Waals surface area contributed by atoms with Crippen LogP contribution in [0.2, 0.25) is 0 Å². The third-order valence-corrected chi connectivity index (χ3v) is 2.28. The van der Waals surface area contributed by atoms with Gasteiger partial charge in [-0.05, 0) is 29.3 Å². The number of halogens is 6. The highest BCUT2D eigenvalue weighted by Gasteiger charge is 2.38. The van der Waals surface area contributed by atoms with Gasteiger partial charge in [0.05, 0.1) is 5.56 Å². The minimum atomic E-state index is -4.52. The Bertz CT molecular complexity index is 370. The Hall–Kier alpha value is -0.920. The zero-order valence-electron chi connectivity index (χ0n) is 8.23. The van der Waals surface area contributed by atoms with Crippen LogP contribution in [-0.4, -0.2) is 5.38 Å². The van der Waals surface area contributed by atoms with Crippen LogP contribution in [0.15, 0.2) is 24.3 Å². The van der Waals surface area contributed by atoms with E-state index in [4.69, 9.17) is 17.4 Å². The Kier molecular flexibility index (Phi) is 3.95. The molecular formula is C9H8ClF5N2. The van der Waals surface area contributed by atoms with Gasteiger partial charge in [-0.2, -0.15) is 22.0 Å². The molecule has 0 aromatic heterocycles. The predicted octanol–water partition coefficient (Wildman–Crippen LogP) is 3.04. The molecule has 96 valence electrons. The number of nitrogens with two attached hydrogens (primary N) is 1. The minimum Gasteiger partial charge on any atom is -0.271 e. The second-order valence-electron chi connectivity index (χ2n) is 3.26. The van der Waals surface area contributed by atoms with E-state index in [9.17, 15) is 22.0 Å². The third-order valence-electron chi connectivity index (χ3n) is 2.07. The van der Waals surface area contributed by atoms with Crippen LogP contribution in [0.3, 0.4) is 0 Å². The number of alkyl halides is 6. The van der Waals surface area contributed by atoms with Gasteiger partial charge in [-0.3, -0.25) is 5.84 Å². The molecule has 1 unspecified atom stereocenters. The van der Waals surface area contributed by atoms with E-state index in [1.165, 1.54) is 0 Å². The fourth-order valence-corrected chi connectivity index (χ4v) is 1.43. The van der Waals surface area contributed by atoms with Gasteiger partial charge < -0.3 is 0 Å². The lowest BCUT2D eigenvalue weighted by Crippen LogP contribution is -2.37. The highest BCUT2D eigenvalue weighted by Crippen LogP contribution is 2.36. The maximum atomic E-state index is 12.8. The summed E-state index contributed by atoms with van der Waals surface area (Å²) in [5.74, 6) is 4.88. The first-order valence-corrected chi connectivity index (χ1v) is 4.74. The summed E-state index contributed by atoms with van der Waals surface area (Å²) in [5.41, 5.74) is 0.680. The Morgan fingerprint density at radius 3 is 1.82 bits per heavy atom. The van der Waals surface area contributed by atoms with Crippen molar-refractivity contribution in [2.75, 3.05) is 0 Å². The second kappa shape index (κ2) is 4.75. The zero-order chi connectivity index (χ0) is 13.3. The summed E-state index contributed by atoms with van der Waals surface area (Å²) in [5, 5.41) is -3.70. The lowest BCUT2D eigenvalue weighted by molar-refractivity contribution is -0.137. The normalized spacial score (nSPS) is 14.8. The summed E-state index contributed by atoms with van der Waals surface area (Å²) < 4.78 is 62.3. The zero-order valence-corrected chi connectivity index (χ0v) is 8.99. The highest BCUT2D eigenvalue weighted by atomic mass is 35.5. The predicted molar refractivity (Wildman–Crippen MR) is 52.3 cm³/mol. The molecule has 1 atom stereocenters. The number of benzene rings is 1. The van der Waals surface area contributed by atoms with Crippen LogP contribution in [0.4, 0.5) is 22.0 Å². The molecule has 0 aliphatic carbocycles. The summed E-state index contributed by atoms with van der Waals surface area (Å²) in [6.07, 6.45) is -4.52. The van der Waals surface area contributed by atoms with E-state index < -0.39 is 23.2 Å². The number of hydrazine groups is 1. The van der Waals surface area contributed by atoms with Crippen LogP contribution < -0.4 is 11.3 Å². The first-order valence-electron chi connectivity index (χ1n) is 4.36. The van der Waals surface area contributed by atoms with Crippen molar-refractivity contribution in [1.82, 2.24) is 5.43 Å². The summed E-state index contributed by atoms with van der Waals surface area (Å²) in [7, 11) is 0. The number of rotatable bonds is 3. The van der Waals surface area contributed by atoms with E-state index >= 15 is 0 Å². The van der Waals surface area contributed by atoms with Gasteiger partial charge >= 0.3 is 11.6 Å². The van der Waals surface area contributed by atoms with E-state index in [1.807, 2.05) is 0 Å². The second-order valence-corrected chi connectivity index (χ2v) is 3.76. The van der Waals surface area contributed by atoms with Crippen LogP contribution >= 0.6 is 11.6 Å². The van der Waals surface area contributed by atoms with Crippen molar-refractivity contribution < 1.29 is 22.0 Å². The van der Waals surface area contributed by atoms with Crippen LogP contribution in [0, 0.1) is 0 Å². The Morgan fingerprint density at radius 1 is 1.06 bits per heavy atom. The molecule has 0 aliphatic heterocycles. The average Bonchev–Trinajstić information content (AvgIpc) is 2.16. The van der Waals surface area contributed by atoms with Gasteiger partial charge in [-0.25, -0.2) is 5.43 Å². The SMILES string of the molecule is NNC(c1ccc(C(F)(F)F)cc1)C(F)(F)Cl. The van der Waals surface area contributed by atoms with Gasteiger partial charge in [0.1, 0.15) is 6.04 Å². The maximum Gasteiger partial charge on any atom is 0.416 e. The molecule has 0 aliphatic rings. The largest absolute Gasteiger partial charge is 0.416 e. The molecule has 1 rings (SSSR count). The van der Waals surface area contributed by atoms with Crippen LogP contribution in [0.1, 0.15) is 17.2 Å². The molecule has 17 heavy (non-hydrogen) atoms. The molecule has 0 bridgehead atoms. The lowest BCUT2D eigenvalue weighted by atomic mass is 10.1. The van der Waals surface area contributed by atoms with Gasteiger partial charge in [0, 0.05) is 0 Å². The molecule has 3 N–H and O–H groups in total. The van der Waals surface area contributed by atoms with E-state index in [0.717, 1.165) is 12.1 Å². The lowest BCUT2D eigenvalue weighted by Gasteiger charge is -2.21. The van der Waals surface area contributed by atoms with Crippen LogP contribution in [0.5, 0.6) is 0 Å². The molecule has 0 heterocycles. The molecule has 0 saturated heterocycles. The molecule has 1 aromatic carbocycles. The number of hydrogen-bond acceptors (Lipinski definition) is 2. The van der Waals surface area contributed by atoms with Crippen LogP contribution in [0.25, 0.3) is 0 Å². The molecule has 2 nitrogen and oxygen atoms in total. The summed E-state index contributed by atoms with van der Waals surface area (Å²) in [4.78, 5) is 0. The van der Waals surface area contributed by atoms with Crippen molar-refractivity contribution in [3.05, 3.63) is 35.4 Å². The molecule has 1 aromatic rings. The summed E-state index contributed by atoms with van der Waals surface area (Å²) in [6.45, 7) is 0. The summed E-state index contributed by atoms with van der Waals surface area (Å²) >= 11 is 4.77. The standard InChI is InChI=1S/C9H8ClF5N2/c10-8(11,12)7(17-16)5-1-3-6(4-2-5)9(13,14)15/h1-4,7,17H,16H2. The fraction of sp³-hybridized carbons (Fsp3) is 0.333. The molecule has 0 radical (unpaired) electrons. The number of hydrogen-bond donors (Lipinski definition) is 2. The Labute approximate surface area is 98.5 Å². The van der Waals surface area contributed by atoms with Crippen molar-refractivity contribution in [3.63, 3.8) is 0 Å². The highest BCUT2D eigenvalue weighted by molar-refractivity contribution is 6.22. The van der Waals surface area contributed by atoms with Gasteiger partial charge in [0.15, 0.2) is 0 Å².